The van der Waals surface area contributed by atoms with Crippen LogP contribution in [0, 0.1) is 13.8 Å². The highest BCUT2D eigenvalue weighted by Gasteiger charge is 2.19. The number of carbonyl (C=O) groups is 1. The predicted octanol–water partition coefficient (Wildman–Crippen LogP) is 3.84. The number of alkyl halides is 1. The molecule has 130 valence electrons. The lowest BCUT2D eigenvalue weighted by molar-refractivity contribution is 0.0956. The van der Waals surface area contributed by atoms with E-state index in [0.29, 0.717) is 21.9 Å². The third-order valence-corrected chi connectivity index (χ3v) is 5.74. The van der Waals surface area contributed by atoms with Crippen LogP contribution >= 0.6 is 23.1 Å². The molecule has 25 heavy (non-hydrogen) atoms. The maximum absolute atomic E-state index is 12.5. The summed E-state index contributed by atoms with van der Waals surface area (Å²) in [5.74, 6) is -0.236. The van der Waals surface area contributed by atoms with Crippen LogP contribution in [-0.4, -0.2) is 22.1 Å². The van der Waals surface area contributed by atoms with Gasteiger partial charge >= 0.3 is 0 Å². The van der Waals surface area contributed by atoms with Crippen molar-refractivity contribution < 1.29 is 9.18 Å². The average molecular weight is 376 g/mol. The molecule has 2 aromatic heterocycles. The van der Waals surface area contributed by atoms with E-state index in [2.05, 4.69) is 15.5 Å². The molecule has 0 bridgehead atoms. The summed E-state index contributed by atoms with van der Waals surface area (Å²) < 4.78 is 12.3. The average Bonchev–Trinajstić information content (AvgIpc) is 2.95. The number of aromatic nitrogens is 2. The molecule has 3 aromatic rings. The normalized spacial score (nSPS) is 11.0. The molecule has 0 aliphatic carbocycles. The van der Waals surface area contributed by atoms with E-state index >= 15 is 0 Å². The van der Waals surface area contributed by atoms with E-state index in [1.54, 1.807) is 0 Å². The van der Waals surface area contributed by atoms with Crippen LogP contribution in [0.5, 0.6) is 0 Å². The van der Waals surface area contributed by atoms with Crippen molar-refractivity contribution >= 4 is 44.9 Å². The van der Waals surface area contributed by atoms with Crippen molar-refractivity contribution in [3.8, 4) is 0 Å². The zero-order chi connectivity index (χ0) is 18.0. The number of carbonyl (C=O) groups excluding carboxylic acids is 1. The van der Waals surface area contributed by atoms with E-state index in [4.69, 9.17) is 5.73 Å². The number of aryl methyl sites for hydroxylation is 2. The molecule has 0 atom stereocenters. The number of fused-ring (bicyclic) bond motifs is 1. The molecule has 5 nitrogen and oxygen atoms in total. The molecule has 1 amide bonds. The van der Waals surface area contributed by atoms with Gasteiger partial charge in [-0.05, 0) is 37.1 Å². The van der Waals surface area contributed by atoms with Gasteiger partial charge in [0.05, 0.1) is 11.4 Å². The fourth-order valence-corrected chi connectivity index (χ4v) is 3.91. The Balaban J connectivity index is 1.76. The van der Waals surface area contributed by atoms with Gasteiger partial charge in [-0.2, -0.15) is 5.10 Å². The highest BCUT2D eigenvalue weighted by molar-refractivity contribution is 7.99. The number of nitrogens with zero attached hydrogens (tertiary/aromatic N) is 2. The lowest BCUT2D eigenvalue weighted by atomic mass is 10.1. The molecule has 0 fully saturated rings. The molecule has 0 radical (unpaired) electrons. The second-order valence-electron chi connectivity index (χ2n) is 5.52. The fraction of sp³-hybridized carbons (Fsp3) is 0.235. The summed E-state index contributed by atoms with van der Waals surface area (Å²) >= 11 is 2.37. The number of nitrogen functional groups attached to an aromatic ring is 1. The minimum Gasteiger partial charge on any atom is -0.397 e. The number of thiophene rings is 1. The Kier molecular flexibility index (Phi) is 5.19. The largest absolute Gasteiger partial charge is 0.397 e. The maximum Gasteiger partial charge on any atom is 0.263 e. The number of amides is 1. The fourth-order valence-electron chi connectivity index (χ4n) is 2.44. The molecule has 3 N–H and O–H groups in total. The topological polar surface area (TPSA) is 80.9 Å². The van der Waals surface area contributed by atoms with Crippen LogP contribution in [0.2, 0.25) is 0 Å². The van der Waals surface area contributed by atoms with Crippen LogP contribution in [-0.2, 0) is 6.54 Å². The smallest absolute Gasteiger partial charge is 0.263 e. The van der Waals surface area contributed by atoms with E-state index in [0.717, 1.165) is 38.9 Å². The lowest BCUT2D eigenvalue weighted by Crippen LogP contribution is -2.22. The molecule has 1 aromatic carbocycles. The third-order valence-electron chi connectivity index (χ3n) is 3.94. The van der Waals surface area contributed by atoms with Crippen LogP contribution < -0.4 is 11.1 Å². The Morgan fingerprint density at radius 2 is 2.00 bits per heavy atom. The first kappa shape index (κ1) is 17.6. The van der Waals surface area contributed by atoms with Gasteiger partial charge in [0.1, 0.15) is 15.7 Å². The molecule has 3 rings (SSSR count). The molecular weight excluding hydrogens is 359 g/mol. The Hall–Kier alpha value is -2.19. The molecule has 2 heterocycles. The minimum absolute atomic E-state index is 0.236. The Labute approximate surface area is 152 Å². The van der Waals surface area contributed by atoms with Gasteiger partial charge < -0.3 is 11.1 Å². The Morgan fingerprint density at radius 3 is 2.68 bits per heavy atom. The molecule has 0 aliphatic heterocycles. The summed E-state index contributed by atoms with van der Waals surface area (Å²) in [7, 11) is 0. The SMILES string of the molecule is Cc1nnc2sc(C(=O)NCc3ccc(SCF)cc3)c(N)c2c1C. The van der Waals surface area contributed by atoms with Crippen LogP contribution in [0.1, 0.15) is 26.5 Å². The molecular formula is C17H17FN4OS2. The number of nitrogens with two attached hydrogens (primary N) is 1. The molecule has 0 spiro atoms. The van der Waals surface area contributed by atoms with E-state index in [-0.39, 0.29) is 5.91 Å². The van der Waals surface area contributed by atoms with Crippen molar-refractivity contribution in [1.82, 2.24) is 15.5 Å². The van der Waals surface area contributed by atoms with Crippen molar-refractivity contribution in [2.45, 2.75) is 25.3 Å². The third kappa shape index (κ3) is 3.59. The minimum atomic E-state index is -0.455. The molecule has 0 saturated carbocycles. The number of benzene rings is 1. The van der Waals surface area contributed by atoms with E-state index in [9.17, 15) is 9.18 Å². The van der Waals surface area contributed by atoms with Gasteiger partial charge in [-0.25, -0.2) is 4.39 Å². The number of anilines is 1. The van der Waals surface area contributed by atoms with Crippen molar-refractivity contribution in [3.63, 3.8) is 0 Å². The number of hydrogen-bond acceptors (Lipinski definition) is 6. The summed E-state index contributed by atoms with van der Waals surface area (Å²) in [5.41, 5.74) is 9.30. The molecule has 0 aliphatic rings. The highest BCUT2D eigenvalue weighted by Crippen LogP contribution is 2.34. The van der Waals surface area contributed by atoms with Crippen LogP contribution in [0.15, 0.2) is 29.2 Å². The van der Waals surface area contributed by atoms with Crippen molar-refractivity contribution in [3.05, 3.63) is 46.0 Å². The van der Waals surface area contributed by atoms with E-state index in [1.807, 2.05) is 38.1 Å². The van der Waals surface area contributed by atoms with Gasteiger partial charge in [0.25, 0.3) is 5.91 Å². The summed E-state index contributed by atoms with van der Waals surface area (Å²) in [6.07, 6.45) is 0. The van der Waals surface area contributed by atoms with Gasteiger partial charge in [-0.3, -0.25) is 4.79 Å². The van der Waals surface area contributed by atoms with Crippen LogP contribution in [0.3, 0.4) is 0 Å². The van der Waals surface area contributed by atoms with Gasteiger partial charge in [0.2, 0.25) is 0 Å². The van der Waals surface area contributed by atoms with E-state index < -0.39 is 6.01 Å². The van der Waals surface area contributed by atoms with Gasteiger partial charge in [0, 0.05) is 16.8 Å². The number of rotatable bonds is 5. The first-order valence-corrected chi connectivity index (χ1v) is 9.39. The van der Waals surface area contributed by atoms with Gasteiger partial charge in [0.15, 0.2) is 0 Å². The Bertz CT molecular complexity index is 925. The lowest BCUT2D eigenvalue weighted by Gasteiger charge is -2.06. The van der Waals surface area contributed by atoms with Crippen molar-refractivity contribution in [1.29, 1.82) is 0 Å². The summed E-state index contributed by atoms with van der Waals surface area (Å²) in [6, 6.07) is 6.95. The Morgan fingerprint density at radius 1 is 1.28 bits per heavy atom. The predicted molar refractivity (Wildman–Crippen MR) is 101 cm³/mol. The first-order chi connectivity index (χ1) is 12.0. The summed E-state index contributed by atoms with van der Waals surface area (Å²) in [5, 5.41) is 11.9. The number of nitrogens with one attached hydrogen (secondary N) is 1. The maximum atomic E-state index is 12.5. The zero-order valence-corrected chi connectivity index (χ0v) is 15.4. The second-order valence-corrected chi connectivity index (χ2v) is 7.49. The summed E-state index contributed by atoms with van der Waals surface area (Å²) in [4.78, 5) is 14.5. The van der Waals surface area contributed by atoms with Crippen molar-refractivity contribution in [2.75, 3.05) is 11.7 Å². The van der Waals surface area contributed by atoms with Gasteiger partial charge in [-0.15, -0.1) is 16.4 Å². The standard InChI is InChI=1S/C17H17FN4OS2/c1-9-10(2)21-22-17-13(9)14(19)15(25-17)16(23)20-7-11-3-5-12(6-4-11)24-8-18/h3-6H,7-8,19H2,1-2H3,(H,20,23). The van der Waals surface area contributed by atoms with E-state index in [1.165, 1.54) is 11.3 Å². The highest BCUT2D eigenvalue weighted by atomic mass is 32.2. The van der Waals surface area contributed by atoms with Crippen LogP contribution in [0.4, 0.5) is 10.1 Å². The molecule has 0 saturated heterocycles. The number of hydrogen-bond donors (Lipinski definition) is 2. The monoisotopic (exact) mass is 376 g/mol. The first-order valence-electron chi connectivity index (χ1n) is 7.59. The number of halogens is 1. The van der Waals surface area contributed by atoms with Gasteiger partial charge in [-0.1, -0.05) is 23.9 Å². The quantitative estimate of drug-likeness (QED) is 0.661. The van der Waals surface area contributed by atoms with Crippen molar-refractivity contribution in [2.24, 2.45) is 0 Å². The molecule has 0 unspecified atom stereocenters. The van der Waals surface area contributed by atoms with Crippen LogP contribution in [0.25, 0.3) is 10.2 Å². The zero-order valence-electron chi connectivity index (χ0n) is 13.8. The second kappa shape index (κ2) is 7.37. The summed E-state index contributed by atoms with van der Waals surface area (Å²) in [6.45, 7) is 4.16. The molecule has 8 heteroatoms. The number of thioether (sulfide) groups is 1.